The third-order valence-electron chi connectivity index (χ3n) is 4.03. The molecule has 1 aromatic carbocycles. The lowest BCUT2D eigenvalue weighted by Crippen LogP contribution is -2.38. The van der Waals surface area contributed by atoms with Crippen LogP contribution < -0.4 is 5.32 Å². The second kappa shape index (κ2) is 8.44. The van der Waals surface area contributed by atoms with E-state index < -0.39 is 10.8 Å². The SMILES string of the molecule is N#CCNC(=O)C1CCCCC1CS(=O)c1ccc(Br)cc1. The van der Waals surface area contributed by atoms with Crippen molar-refractivity contribution in [2.75, 3.05) is 12.3 Å². The van der Waals surface area contributed by atoms with Crippen LogP contribution in [0, 0.1) is 23.2 Å². The Bertz CT molecular complexity index is 583. The molecule has 1 saturated carbocycles. The summed E-state index contributed by atoms with van der Waals surface area (Å²) >= 11 is 3.37. The van der Waals surface area contributed by atoms with Crippen LogP contribution in [0.2, 0.25) is 0 Å². The minimum absolute atomic E-state index is 0.0395. The van der Waals surface area contributed by atoms with E-state index in [4.69, 9.17) is 5.26 Å². The Morgan fingerprint density at radius 2 is 2.00 bits per heavy atom. The van der Waals surface area contributed by atoms with Crippen molar-refractivity contribution in [3.63, 3.8) is 0 Å². The molecular formula is C16H19BrN2O2S. The molecule has 0 aliphatic heterocycles. The van der Waals surface area contributed by atoms with Gasteiger partial charge in [0.05, 0.1) is 16.9 Å². The molecule has 4 nitrogen and oxygen atoms in total. The lowest BCUT2D eigenvalue weighted by molar-refractivity contribution is -0.127. The molecule has 0 saturated heterocycles. The lowest BCUT2D eigenvalue weighted by Gasteiger charge is -2.30. The van der Waals surface area contributed by atoms with E-state index in [0.29, 0.717) is 5.75 Å². The summed E-state index contributed by atoms with van der Waals surface area (Å²) in [5.74, 6) is 0.434. The van der Waals surface area contributed by atoms with Gasteiger partial charge in [-0.05, 0) is 43.0 Å². The highest BCUT2D eigenvalue weighted by Gasteiger charge is 2.32. The maximum Gasteiger partial charge on any atom is 0.224 e. The number of rotatable bonds is 5. The van der Waals surface area contributed by atoms with Gasteiger partial charge in [-0.15, -0.1) is 0 Å². The number of nitrogens with one attached hydrogen (secondary N) is 1. The van der Waals surface area contributed by atoms with Crippen molar-refractivity contribution in [1.82, 2.24) is 5.32 Å². The first-order chi connectivity index (χ1) is 10.6. The third-order valence-corrected chi connectivity index (χ3v) is 6.09. The van der Waals surface area contributed by atoms with Gasteiger partial charge in [-0.3, -0.25) is 9.00 Å². The fourth-order valence-electron chi connectivity index (χ4n) is 2.89. The van der Waals surface area contributed by atoms with E-state index in [1.807, 2.05) is 30.3 Å². The van der Waals surface area contributed by atoms with Gasteiger partial charge < -0.3 is 5.32 Å². The monoisotopic (exact) mass is 382 g/mol. The Hall–Kier alpha value is -1.19. The average Bonchev–Trinajstić information content (AvgIpc) is 2.53. The van der Waals surface area contributed by atoms with Gasteiger partial charge in [0.2, 0.25) is 5.91 Å². The van der Waals surface area contributed by atoms with Crippen LogP contribution in [0.15, 0.2) is 33.6 Å². The zero-order chi connectivity index (χ0) is 15.9. The second-order valence-corrected chi connectivity index (χ2v) is 7.90. The van der Waals surface area contributed by atoms with Gasteiger partial charge >= 0.3 is 0 Å². The van der Waals surface area contributed by atoms with E-state index in [1.165, 1.54) is 0 Å². The molecule has 0 bridgehead atoms. The van der Waals surface area contributed by atoms with Crippen molar-refractivity contribution in [2.45, 2.75) is 30.6 Å². The highest BCUT2D eigenvalue weighted by molar-refractivity contribution is 9.10. The summed E-state index contributed by atoms with van der Waals surface area (Å²) in [5.41, 5.74) is 0. The van der Waals surface area contributed by atoms with Crippen molar-refractivity contribution < 1.29 is 9.00 Å². The maximum absolute atomic E-state index is 12.5. The largest absolute Gasteiger partial charge is 0.343 e. The first-order valence-corrected chi connectivity index (χ1v) is 9.51. The van der Waals surface area contributed by atoms with Crippen molar-refractivity contribution in [2.24, 2.45) is 11.8 Å². The van der Waals surface area contributed by atoms with Crippen LogP contribution in [0.3, 0.4) is 0 Å². The summed E-state index contributed by atoms with van der Waals surface area (Å²) in [6, 6.07) is 9.40. The summed E-state index contributed by atoms with van der Waals surface area (Å²) < 4.78 is 13.5. The van der Waals surface area contributed by atoms with Crippen LogP contribution in [0.5, 0.6) is 0 Å². The van der Waals surface area contributed by atoms with E-state index in [0.717, 1.165) is 35.1 Å². The smallest absolute Gasteiger partial charge is 0.224 e. The molecule has 1 aliphatic rings. The second-order valence-electron chi connectivity index (χ2n) is 5.49. The topological polar surface area (TPSA) is 70.0 Å². The first-order valence-electron chi connectivity index (χ1n) is 7.40. The van der Waals surface area contributed by atoms with Crippen molar-refractivity contribution in [3.05, 3.63) is 28.7 Å². The summed E-state index contributed by atoms with van der Waals surface area (Å²) in [5, 5.41) is 11.2. The van der Waals surface area contributed by atoms with E-state index in [1.54, 1.807) is 0 Å². The Morgan fingerprint density at radius 1 is 1.32 bits per heavy atom. The van der Waals surface area contributed by atoms with Crippen molar-refractivity contribution in [3.8, 4) is 6.07 Å². The van der Waals surface area contributed by atoms with Crippen molar-refractivity contribution in [1.29, 1.82) is 5.26 Å². The third kappa shape index (κ3) is 4.65. The van der Waals surface area contributed by atoms with E-state index in [9.17, 15) is 9.00 Å². The molecule has 3 atom stereocenters. The number of nitriles is 1. The maximum atomic E-state index is 12.5. The predicted octanol–water partition coefficient (Wildman–Crippen LogP) is 3.00. The fourth-order valence-corrected chi connectivity index (χ4v) is 4.57. The molecule has 1 N–H and O–H groups in total. The van der Waals surface area contributed by atoms with Gasteiger partial charge in [0.15, 0.2) is 0 Å². The number of amides is 1. The van der Waals surface area contributed by atoms with E-state index >= 15 is 0 Å². The van der Waals surface area contributed by atoms with Crippen LogP contribution >= 0.6 is 15.9 Å². The Balaban J connectivity index is 2.01. The van der Waals surface area contributed by atoms with Gasteiger partial charge in [0.1, 0.15) is 6.54 Å². The van der Waals surface area contributed by atoms with Gasteiger partial charge in [0, 0.05) is 21.0 Å². The average molecular weight is 383 g/mol. The molecule has 6 heteroatoms. The number of hydrogen-bond donors (Lipinski definition) is 1. The number of halogens is 1. The molecule has 0 heterocycles. The van der Waals surface area contributed by atoms with Crippen molar-refractivity contribution >= 4 is 32.6 Å². The number of hydrogen-bond acceptors (Lipinski definition) is 3. The molecule has 1 aliphatic carbocycles. The summed E-state index contributed by atoms with van der Waals surface area (Å²) in [4.78, 5) is 13.0. The molecule has 0 radical (unpaired) electrons. The molecule has 0 aromatic heterocycles. The first kappa shape index (κ1) is 17.2. The molecule has 118 valence electrons. The van der Waals surface area contributed by atoms with Gasteiger partial charge in [-0.25, -0.2) is 0 Å². The Kier molecular flexibility index (Phi) is 6.59. The van der Waals surface area contributed by atoms with Gasteiger partial charge in [0.25, 0.3) is 0 Å². The normalized spacial score (nSPS) is 22.5. The van der Waals surface area contributed by atoms with Crippen LogP contribution in [0.25, 0.3) is 0 Å². The fraction of sp³-hybridized carbons (Fsp3) is 0.500. The molecule has 1 aromatic rings. The molecule has 22 heavy (non-hydrogen) atoms. The molecule has 3 unspecified atom stereocenters. The van der Waals surface area contributed by atoms with E-state index in [-0.39, 0.29) is 24.3 Å². The number of carbonyl (C=O) groups excluding carboxylic acids is 1. The highest BCUT2D eigenvalue weighted by Crippen LogP contribution is 2.32. The van der Waals surface area contributed by atoms with Crippen LogP contribution in [-0.4, -0.2) is 22.4 Å². The zero-order valence-electron chi connectivity index (χ0n) is 12.3. The number of carbonyl (C=O) groups is 1. The Labute approximate surface area is 141 Å². The summed E-state index contributed by atoms with van der Waals surface area (Å²) in [6.07, 6.45) is 3.84. The molecule has 1 amide bonds. The molecule has 0 spiro atoms. The standard InChI is InChI=1S/C16H19BrN2O2S/c17-13-5-7-14(8-6-13)22(21)11-12-3-1-2-4-15(12)16(20)19-10-9-18/h5-8,12,15H,1-4,10-11H2,(H,19,20). The molecule has 1 fully saturated rings. The van der Waals surface area contributed by atoms with Crippen LogP contribution in [0.1, 0.15) is 25.7 Å². The van der Waals surface area contributed by atoms with Gasteiger partial charge in [-0.1, -0.05) is 28.8 Å². The molecular weight excluding hydrogens is 364 g/mol. The lowest BCUT2D eigenvalue weighted by atomic mass is 9.80. The van der Waals surface area contributed by atoms with Crippen LogP contribution in [-0.2, 0) is 15.6 Å². The predicted molar refractivity (Wildman–Crippen MR) is 89.5 cm³/mol. The summed E-state index contributed by atoms with van der Waals surface area (Å²) in [7, 11) is -1.10. The number of benzene rings is 1. The highest BCUT2D eigenvalue weighted by atomic mass is 79.9. The van der Waals surface area contributed by atoms with E-state index in [2.05, 4.69) is 21.2 Å². The minimum Gasteiger partial charge on any atom is -0.343 e. The zero-order valence-corrected chi connectivity index (χ0v) is 14.7. The quantitative estimate of drug-likeness (QED) is 0.795. The minimum atomic E-state index is -1.10. The molecule has 2 rings (SSSR count). The number of nitrogens with zero attached hydrogens (tertiary/aromatic N) is 1. The van der Waals surface area contributed by atoms with Gasteiger partial charge in [-0.2, -0.15) is 5.26 Å². The Morgan fingerprint density at radius 3 is 2.68 bits per heavy atom. The summed E-state index contributed by atoms with van der Waals surface area (Å²) in [6.45, 7) is 0.0395. The van der Waals surface area contributed by atoms with Crippen LogP contribution in [0.4, 0.5) is 0 Å².